The van der Waals surface area contributed by atoms with Gasteiger partial charge in [0.05, 0.1) is 12.5 Å². The van der Waals surface area contributed by atoms with Gasteiger partial charge in [0.15, 0.2) is 0 Å². The van der Waals surface area contributed by atoms with E-state index >= 15 is 0 Å². The number of aryl methyl sites for hydroxylation is 2. The van der Waals surface area contributed by atoms with E-state index in [-0.39, 0.29) is 36.0 Å². The fraction of sp³-hybridized carbons (Fsp3) is 0.308. The molecule has 1 amide bonds. The molecule has 1 fully saturated rings. The van der Waals surface area contributed by atoms with Crippen molar-refractivity contribution in [3.63, 3.8) is 0 Å². The number of piperazine rings is 1. The summed E-state index contributed by atoms with van der Waals surface area (Å²) < 4.78 is 28.7. The fourth-order valence-electron chi connectivity index (χ4n) is 4.88. The second-order valence-corrected chi connectivity index (χ2v) is 9.04. The maximum atomic E-state index is 13.6. The maximum Gasteiger partial charge on any atom is 0.254 e. The zero-order valence-corrected chi connectivity index (χ0v) is 20.2. The summed E-state index contributed by atoms with van der Waals surface area (Å²) in [6, 6.07) is 12.6. The number of amides is 1. The molecule has 8 nitrogen and oxygen atoms in total. The monoisotopic (exact) mass is 491 g/mol. The summed E-state index contributed by atoms with van der Waals surface area (Å²) in [5, 5.41) is 4.17. The van der Waals surface area contributed by atoms with Crippen LogP contribution >= 0.6 is 0 Å². The molecular weight excluding hydrogens is 464 g/mol. The molecule has 0 saturated carbocycles. The van der Waals surface area contributed by atoms with Crippen LogP contribution in [0.1, 0.15) is 34.1 Å². The number of carbonyl (C=O) groups excluding carboxylic acids is 1. The Labute approximate surface area is 207 Å². The topological polar surface area (TPSA) is 92.6 Å². The Kier molecular flexibility index (Phi) is 6.36. The Morgan fingerprint density at radius 1 is 0.917 bits per heavy atom. The van der Waals surface area contributed by atoms with E-state index in [1.807, 2.05) is 18.7 Å². The van der Waals surface area contributed by atoms with Crippen molar-refractivity contribution in [1.82, 2.24) is 29.4 Å². The van der Waals surface area contributed by atoms with Crippen molar-refractivity contribution in [2.45, 2.75) is 26.3 Å². The number of nitrogens with two attached hydrogens (primary N) is 1. The molecule has 3 heterocycles. The molecule has 0 bridgehead atoms. The number of anilines is 1. The van der Waals surface area contributed by atoms with Crippen molar-refractivity contribution in [2.24, 2.45) is 0 Å². The van der Waals surface area contributed by atoms with Gasteiger partial charge in [-0.2, -0.15) is 9.50 Å². The molecule has 1 saturated heterocycles. The Balaban J connectivity index is 1.32. The Morgan fingerprint density at radius 3 is 2.03 bits per heavy atom. The molecular formula is C26H27F2N7O. The Bertz CT molecular complexity index is 1350. The van der Waals surface area contributed by atoms with Crippen molar-refractivity contribution < 1.29 is 13.6 Å². The smallest absolute Gasteiger partial charge is 0.254 e. The Morgan fingerprint density at radius 2 is 1.47 bits per heavy atom. The second-order valence-electron chi connectivity index (χ2n) is 9.04. The van der Waals surface area contributed by atoms with Crippen LogP contribution in [-0.4, -0.2) is 61.5 Å². The van der Waals surface area contributed by atoms with Crippen molar-refractivity contribution in [3.05, 3.63) is 88.2 Å². The molecule has 10 heteroatoms. The van der Waals surface area contributed by atoms with Gasteiger partial charge in [-0.15, -0.1) is 5.10 Å². The molecule has 0 unspecified atom stereocenters. The summed E-state index contributed by atoms with van der Waals surface area (Å²) in [5.74, 6) is -0.0469. The molecule has 0 spiro atoms. The number of carbonyl (C=O) groups is 1. The predicted octanol–water partition coefficient (Wildman–Crippen LogP) is 3.08. The van der Waals surface area contributed by atoms with Crippen LogP contribution in [0.15, 0.2) is 48.5 Å². The average Bonchev–Trinajstić information content (AvgIpc) is 3.24. The van der Waals surface area contributed by atoms with E-state index in [0.717, 1.165) is 28.1 Å². The third-order valence-corrected chi connectivity index (χ3v) is 6.80. The lowest BCUT2D eigenvalue weighted by Gasteiger charge is -2.40. The predicted molar refractivity (Wildman–Crippen MR) is 131 cm³/mol. The van der Waals surface area contributed by atoms with Crippen molar-refractivity contribution in [1.29, 1.82) is 0 Å². The van der Waals surface area contributed by atoms with Crippen LogP contribution in [0.4, 0.5) is 14.7 Å². The lowest BCUT2D eigenvalue weighted by atomic mass is 9.96. The quantitative estimate of drug-likeness (QED) is 0.461. The van der Waals surface area contributed by atoms with Gasteiger partial charge >= 0.3 is 0 Å². The second kappa shape index (κ2) is 9.62. The maximum absolute atomic E-state index is 13.6. The normalized spacial score (nSPS) is 14.6. The van der Waals surface area contributed by atoms with Gasteiger partial charge in [-0.3, -0.25) is 9.69 Å². The van der Waals surface area contributed by atoms with Crippen LogP contribution < -0.4 is 5.73 Å². The molecule has 2 aromatic carbocycles. The summed E-state index contributed by atoms with van der Waals surface area (Å²) in [4.78, 5) is 25.9. The van der Waals surface area contributed by atoms with Gasteiger partial charge in [0.1, 0.15) is 11.6 Å². The summed E-state index contributed by atoms with van der Waals surface area (Å²) in [6.45, 7) is 6.07. The molecule has 2 N–H and O–H groups in total. The molecule has 186 valence electrons. The van der Waals surface area contributed by atoms with Crippen LogP contribution in [0, 0.1) is 25.5 Å². The first kappa shape index (κ1) is 23.8. The first-order valence-electron chi connectivity index (χ1n) is 11.8. The minimum atomic E-state index is -0.307. The third-order valence-electron chi connectivity index (χ3n) is 6.80. The number of benzene rings is 2. The zero-order valence-electron chi connectivity index (χ0n) is 20.2. The van der Waals surface area contributed by atoms with Crippen molar-refractivity contribution in [2.75, 3.05) is 31.9 Å². The van der Waals surface area contributed by atoms with Crippen LogP contribution in [0.25, 0.3) is 5.78 Å². The third kappa shape index (κ3) is 4.64. The molecule has 1 aliphatic heterocycles. The van der Waals surface area contributed by atoms with Crippen molar-refractivity contribution >= 4 is 17.6 Å². The molecule has 0 atom stereocenters. The zero-order chi connectivity index (χ0) is 25.4. The van der Waals surface area contributed by atoms with Gasteiger partial charge in [-0.05, 0) is 49.2 Å². The summed E-state index contributed by atoms with van der Waals surface area (Å²) >= 11 is 0. The molecule has 2 aromatic heterocycles. The van der Waals surface area contributed by atoms with Gasteiger partial charge < -0.3 is 10.6 Å². The minimum absolute atomic E-state index is 0.00945. The van der Waals surface area contributed by atoms with E-state index in [4.69, 9.17) is 5.73 Å². The number of aromatic nitrogens is 4. The number of hydrogen-bond acceptors (Lipinski definition) is 6. The molecule has 0 aliphatic carbocycles. The first-order valence-corrected chi connectivity index (χ1v) is 11.8. The molecule has 4 aromatic rings. The van der Waals surface area contributed by atoms with E-state index in [1.54, 1.807) is 28.8 Å². The number of halogens is 2. The minimum Gasteiger partial charge on any atom is -0.366 e. The first-order chi connectivity index (χ1) is 17.3. The van der Waals surface area contributed by atoms with Crippen LogP contribution in [-0.2, 0) is 11.2 Å². The highest BCUT2D eigenvalue weighted by molar-refractivity contribution is 5.79. The molecule has 5 rings (SSSR count). The summed E-state index contributed by atoms with van der Waals surface area (Å²) in [5.41, 5.74) is 9.89. The van der Waals surface area contributed by atoms with Crippen LogP contribution in [0.3, 0.4) is 0 Å². The molecule has 36 heavy (non-hydrogen) atoms. The van der Waals surface area contributed by atoms with E-state index < -0.39 is 0 Å². The summed E-state index contributed by atoms with van der Waals surface area (Å²) in [7, 11) is 0. The fourth-order valence-corrected chi connectivity index (χ4v) is 4.88. The largest absolute Gasteiger partial charge is 0.366 e. The standard InChI is InChI=1S/C26H27F2N7O/c1-16-22(17(2)35-26(30-16)31-25(29)32-35)15-23(36)33-11-13-34(14-12-33)24(18-3-7-20(27)8-4-18)19-5-9-21(28)10-6-19/h3-10,24H,11-15H2,1-2H3,(H2,29,32). The highest BCUT2D eigenvalue weighted by Crippen LogP contribution is 2.30. The van der Waals surface area contributed by atoms with Gasteiger partial charge in [-0.1, -0.05) is 24.3 Å². The van der Waals surface area contributed by atoms with E-state index in [9.17, 15) is 13.6 Å². The summed E-state index contributed by atoms with van der Waals surface area (Å²) in [6.07, 6.45) is 0.208. The van der Waals surface area contributed by atoms with E-state index in [2.05, 4.69) is 20.0 Å². The number of nitrogen functional groups attached to an aromatic ring is 1. The average molecular weight is 492 g/mol. The van der Waals surface area contributed by atoms with Crippen LogP contribution in [0.2, 0.25) is 0 Å². The number of fused-ring (bicyclic) bond motifs is 1. The van der Waals surface area contributed by atoms with E-state index in [0.29, 0.717) is 32.0 Å². The van der Waals surface area contributed by atoms with Crippen molar-refractivity contribution in [3.8, 4) is 0 Å². The molecule has 0 radical (unpaired) electrons. The van der Waals surface area contributed by atoms with Gasteiger partial charge in [0.2, 0.25) is 11.9 Å². The number of rotatable bonds is 5. The van der Waals surface area contributed by atoms with Crippen LogP contribution in [0.5, 0.6) is 0 Å². The van der Waals surface area contributed by atoms with Gasteiger partial charge in [0, 0.05) is 43.1 Å². The van der Waals surface area contributed by atoms with Gasteiger partial charge in [0.25, 0.3) is 5.78 Å². The molecule has 1 aliphatic rings. The van der Waals surface area contributed by atoms with Gasteiger partial charge in [-0.25, -0.2) is 13.8 Å². The number of hydrogen-bond donors (Lipinski definition) is 1. The lowest BCUT2D eigenvalue weighted by Crippen LogP contribution is -2.50. The SMILES string of the molecule is Cc1nc2nc(N)nn2c(C)c1CC(=O)N1CCN(C(c2ccc(F)cc2)c2ccc(F)cc2)CC1. The Hall–Kier alpha value is -3.92. The highest BCUT2D eigenvalue weighted by atomic mass is 19.1. The number of nitrogens with zero attached hydrogens (tertiary/aromatic N) is 6. The highest BCUT2D eigenvalue weighted by Gasteiger charge is 2.29. The lowest BCUT2D eigenvalue weighted by molar-refractivity contribution is -0.132. The van der Waals surface area contributed by atoms with E-state index in [1.165, 1.54) is 24.3 Å².